The Morgan fingerprint density at radius 1 is 1.15 bits per heavy atom. The van der Waals surface area contributed by atoms with Crippen molar-refractivity contribution in [2.45, 2.75) is 45.5 Å². The molecule has 1 fully saturated rings. The molecule has 2 atom stereocenters. The first-order valence-electron chi connectivity index (χ1n) is 10.9. The summed E-state index contributed by atoms with van der Waals surface area (Å²) in [5.74, 6) is 0.861. The lowest BCUT2D eigenvalue weighted by atomic mass is 10.0. The first kappa shape index (κ1) is 21.6. The number of nitrogens with one attached hydrogen (secondary N) is 1. The maximum atomic E-state index is 14.4. The number of aryl methyl sites for hydroxylation is 2. The monoisotopic (exact) mass is 458 g/mol. The molecule has 0 spiro atoms. The lowest BCUT2D eigenvalue weighted by Crippen LogP contribution is -2.46. The number of alkyl halides is 3. The number of piperidine rings is 1. The minimum Gasteiger partial charge on any atom is -0.347 e. The average molecular weight is 458 g/mol. The lowest BCUT2D eigenvalue weighted by Gasteiger charge is -2.32. The van der Waals surface area contributed by atoms with Crippen molar-refractivity contribution in [3.8, 4) is 11.3 Å². The van der Waals surface area contributed by atoms with E-state index < -0.39 is 19.1 Å². The fraction of sp³-hybridized carbons (Fsp3) is 0.455. The Kier molecular flexibility index (Phi) is 5.43. The van der Waals surface area contributed by atoms with Gasteiger partial charge in [0, 0.05) is 24.8 Å². The van der Waals surface area contributed by atoms with E-state index in [9.17, 15) is 13.2 Å². The van der Waals surface area contributed by atoms with Gasteiger partial charge < -0.3 is 14.8 Å². The predicted octanol–water partition coefficient (Wildman–Crippen LogP) is 3.48. The average Bonchev–Trinajstić information content (AvgIpc) is 3.31. The van der Waals surface area contributed by atoms with Crippen LogP contribution in [0.2, 0.25) is 0 Å². The third kappa shape index (κ3) is 4.01. The Morgan fingerprint density at radius 2 is 1.97 bits per heavy atom. The molecule has 0 aromatic carbocycles. The van der Waals surface area contributed by atoms with Gasteiger partial charge in [-0.3, -0.25) is 0 Å². The Balaban J connectivity index is 1.50. The normalized spacial score (nSPS) is 19.7. The summed E-state index contributed by atoms with van der Waals surface area (Å²) >= 11 is 0. The molecule has 1 N–H and O–H groups in total. The zero-order valence-corrected chi connectivity index (χ0v) is 18.6. The molecule has 5 heterocycles. The van der Waals surface area contributed by atoms with E-state index in [0.717, 1.165) is 17.6 Å². The highest BCUT2D eigenvalue weighted by atomic mass is 19.3. The second-order valence-electron chi connectivity index (χ2n) is 8.56. The van der Waals surface area contributed by atoms with Crippen LogP contribution in [0.25, 0.3) is 27.9 Å². The van der Waals surface area contributed by atoms with Gasteiger partial charge in [-0.25, -0.2) is 32.6 Å². The van der Waals surface area contributed by atoms with Crippen LogP contribution in [0, 0.1) is 13.8 Å². The number of rotatable bonds is 5. The number of fused-ring (bicyclic) bond motifs is 2. The highest BCUT2D eigenvalue weighted by Crippen LogP contribution is 2.28. The van der Waals surface area contributed by atoms with Crippen molar-refractivity contribution in [1.82, 2.24) is 34.0 Å². The van der Waals surface area contributed by atoms with Crippen LogP contribution in [-0.2, 0) is 6.54 Å². The van der Waals surface area contributed by atoms with Gasteiger partial charge >= 0.3 is 0 Å². The van der Waals surface area contributed by atoms with E-state index in [1.165, 1.54) is 4.57 Å². The molecule has 4 aromatic rings. The van der Waals surface area contributed by atoms with Gasteiger partial charge in [-0.15, -0.1) is 5.10 Å². The predicted molar refractivity (Wildman–Crippen MR) is 119 cm³/mol. The molecule has 1 aliphatic rings. The number of imidazole rings is 1. The highest BCUT2D eigenvalue weighted by Gasteiger charge is 2.28. The number of pyridine rings is 1. The molecule has 0 amide bonds. The van der Waals surface area contributed by atoms with E-state index in [4.69, 9.17) is 0 Å². The third-order valence-corrected chi connectivity index (χ3v) is 6.12. The molecule has 1 saturated heterocycles. The molecule has 33 heavy (non-hydrogen) atoms. The third-order valence-electron chi connectivity index (χ3n) is 6.12. The van der Waals surface area contributed by atoms with Crippen molar-refractivity contribution in [3.63, 3.8) is 0 Å². The number of anilines is 1. The molecular weight excluding hydrogens is 433 g/mol. The first-order chi connectivity index (χ1) is 15.8. The molecule has 11 heteroatoms. The molecule has 0 bridgehead atoms. The van der Waals surface area contributed by atoms with E-state index >= 15 is 0 Å². The van der Waals surface area contributed by atoms with E-state index in [2.05, 4.69) is 25.4 Å². The number of aromatic nitrogens is 6. The molecule has 1 aliphatic heterocycles. The van der Waals surface area contributed by atoms with Gasteiger partial charge in [0.2, 0.25) is 5.95 Å². The summed E-state index contributed by atoms with van der Waals surface area (Å²) in [6, 6.07) is 5.12. The topological polar surface area (TPSA) is 76.2 Å². The van der Waals surface area contributed by atoms with E-state index in [1.54, 1.807) is 23.7 Å². The van der Waals surface area contributed by atoms with Crippen LogP contribution in [0.4, 0.5) is 19.1 Å². The molecule has 0 saturated carbocycles. The van der Waals surface area contributed by atoms with Crippen molar-refractivity contribution < 1.29 is 13.2 Å². The van der Waals surface area contributed by atoms with Crippen LogP contribution in [0.15, 0.2) is 24.4 Å². The second kappa shape index (κ2) is 8.29. The van der Waals surface area contributed by atoms with Gasteiger partial charge in [0.15, 0.2) is 5.65 Å². The summed E-state index contributed by atoms with van der Waals surface area (Å²) in [6.07, 6.45) is -1.04. The van der Waals surface area contributed by atoms with Crippen molar-refractivity contribution in [2.24, 2.45) is 0 Å². The number of hydrogen-bond donors (Lipinski definition) is 1. The Morgan fingerprint density at radius 3 is 2.73 bits per heavy atom. The molecular formula is C22H25F3N8. The van der Waals surface area contributed by atoms with Gasteiger partial charge in [-0.1, -0.05) is 0 Å². The summed E-state index contributed by atoms with van der Waals surface area (Å²) in [5, 5.41) is 7.67. The zero-order chi connectivity index (χ0) is 23.3. The Bertz CT molecular complexity index is 1310. The summed E-state index contributed by atoms with van der Waals surface area (Å²) < 4.78 is 43.7. The lowest BCUT2D eigenvalue weighted by molar-refractivity contribution is 0.127. The van der Waals surface area contributed by atoms with Gasteiger partial charge in [-0.05, 0) is 45.5 Å². The fourth-order valence-corrected chi connectivity index (χ4v) is 4.48. The maximum absolute atomic E-state index is 14.4. The number of nitrogens with zero attached hydrogens (tertiary/aromatic N) is 7. The molecule has 8 nitrogen and oxygen atoms in total. The summed E-state index contributed by atoms with van der Waals surface area (Å²) in [4.78, 5) is 15.5. The standard InChI is InChI=1S/C22H25F3N8/c1-12-20-14(16-4-5-18-21(28-16)32(11-19(24)25)13(2)27-18)6-9-33(20)30-22(26-12)29-17-7-8-31(3)10-15(17)23/h4-6,9,15,17,19H,7-8,10-11H2,1-3H3,(H,29,30). The van der Waals surface area contributed by atoms with Crippen molar-refractivity contribution in [2.75, 3.05) is 25.5 Å². The van der Waals surface area contributed by atoms with E-state index in [-0.39, 0.29) is 6.04 Å². The first-order valence-corrected chi connectivity index (χ1v) is 10.9. The Labute approximate surface area is 188 Å². The van der Waals surface area contributed by atoms with Crippen LogP contribution >= 0.6 is 0 Å². The minimum absolute atomic E-state index is 0.337. The van der Waals surface area contributed by atoms with Crippen LogP contribution in [0.5, 0.6) is 0 Å². The fourth-order valence-electron chi connectivity index (χ4n) is 4.48. The van der Waals surface area contributed by atoms with Crippen LogP contribution in [0.3, 0.4) is 0 Å². The quantitative estimate of drug-likeness (QED) is 0.494. The smallest absolute Gasteiger partial charge is 0.256 e. The van der Waals surface area contributed by atoms with Crippen molar-refractivity contribution in [1.29, 1.82) is 0 Å². The van der Waals surface area contributed by atoms with Gasteiger partial charge in [0.1, 0.15) is 17.5 Å². The largest absolute Gasteiger partial charge is 0.347 e. The summed E-state index contributed by atoms with van der Waals surface area (Å²) in [5.41, 5.74) is 3.84. The van der Waals surface area contributed by atoms with E-state index in [0.29, 0.717) is 47.3 Å². The SMILES string of the molecule is Cc1nc(NC2CCN(C)CC2F)nn2ccc(-c3ccc4nc(C)n(CC(F)F)c4n3)c12. The molecule has 4 aromatic heterocycles. The highest BCUT2D eigenvalue weighted by molar-refractivity contribution is 5.84. The molecule has 0 aliphatic carbocycles. The summed E-state index contributed by atoms with van der Waals surface area (Å²) in [7, 11) is 1.91. The van der Waals surface area contributed by atoms with Gasteiger partial charge in [0.25, 0.3) is 6.43 Å². The van der Waals surface area contributed by atoms with E-state index in [1.807, 2.05) is 31.0 Å². The van der Waals surface area contributed by atoms with Crippen molar-refractivity contribution in [3.05, 3.63) is 35.9 Å². The van der Waals surface area contributed by atoms with Crippen LogP contribution < -0.4 is 5.32 Å². The molecule has 2 unspecified atom stereocenters. The Hall–Kier alpha value is -3.21. The minimum atomic E-state index is -2.50. The van der Waals surface area contributed by atoms with Crippen LogP contribution in [0.1, 0.15) is 17.9 Å². The zero-order valence-electron chi connectivity index (χ0n) is 18.6. The number of likely N-dealkylation sites (tertiary alicyclic amines) is 1. The molecule has 174 valence electrons. The summed E-state index contributed by atoms with van der Waals surface area (Å²) in [6.45, 7) is 4.28. The second-order valence-corrected chi connectivity index (χ2v) is 8.56. The molecule has 5 rings (SSSR count). The van der Waals surface area contributed by atoms with Crippen molar-refractivity contribution >= 4 is 22.6 Å². The number of hydrogen-bond acceptors (Lipinski definition) is 6. The van der Waals surface area contributed by atoms with Crippen LogP contribution in [-0.4, -0.2) is 72.8 Å². The van der Waals surface area contributed by atoms with Gasteiger partial charge in [0.05, 0.1) is 29.5 Å². The van der Waals surface area contributed by atoms with Gasteiger partial charge in [-0.2, -0.15) is 0 Å². The maximum Gasteiger partial charge on any atom is 0.256 e. The molecule has 0 radical (unpaired) electrons. The number of halogens is 3.